The Morgan fingerprint density at radius 2 is 2.00 bits per heavy atom. The zero-order chi connectivity index (χ0) is 20.4. The van der Waals surface area contributed by atoms with Crippen LogP contribution in [0.15, 0.2) is 24.3 Å². The van der Waals surface area contributed by atoms with E-state index < -0.39 is 11.2 Å². The first-order valence-electron chi connectivity index (χ1n) is 8.45. The zero-order valence-corrected chi connectivity index (χ0v) is 16.8. The molecule has 0 heterocycles. The molecule has 1 unspecified atom stereocenters. The van der Waals surface area contributed by atoms with Gasteiger partial charge in [-0.15, -0.1) is 10.1 Å². The Bertz CT molecular complexity index is 606. The number of rotatable bonds is 11. The summed E-state index contributed by atoms with van der Waals surface area (Å²) in [4.78, 5) is 26.2. The molecule has 0 saturated carbocycles. The van der Waals surface area contributed by atoms with Gasteiger partial charge in [0.25, 0.3) is 5.09 Å². The van der Waals surface area contributed by atoms with Crippen molar-refractivity contribution < 1.29 is 24.6 Å². The average Bonchev–Trinajstić information content (AvgIpc) is 2.57. The number of aliphatic hydroxyl groups is 1. The summed E-state index contributed by atoms with van der Waals surface area (Å²) in [6.07, 6.45) is -0.644. The van der Waals surface area contributed by atoms with E-state index in [-0.39, 0.29) is 30.4 Å². The van der Waals surface area contributed by atoms with E-state index in [0.717, 1.165) is 11.9 Å². The van der Waals surface area contributed by atoms with Gasteiger partial charge in [-0.2, -0.15) is 0 Å². The maximum absolute atomic E-state index is 11.8. The summed E-state index contributed by atoms with van der Waals surface area (Å²) in [5, 5.41) is 22.4. The number of nitrogens with one attached hydrogen (secondary N) is 1. The number of amides is 1. The summed E-state index contributed by atoms with van der Waals surface area (Å²) in [7, 11) is 0. The second-order valence-corrected chi connectivity index (χ2v) is 7.82. The first-order valence-corrected chi connectivity index (χ1v) is 9.39. The molecule has 1 amide bonds. The highest BCUT2D eigenvalue weighted by atomic mass is 32.2. The Morgan fingerprint density at radius 3 is 2.52 bits per heavy atom. The van der Waals surface area contributed by atoms with Gasteiger partial charge in [-0.1, -0.05) is 0 Å². The molecule has 0 aliphatic rings. The molecule has 2 N–H and O–H groups in total. The number of nitrogens with zero attached hydrogens (tertiary/aromatic N) is 2. The van der Waals surface area contributed by atoms with E-state index in [2.05, 4.69) is 10.2 Å². The van der Waals surface area contributed by atoms with Gasteiger partial charge in [0.15, 0.2) is 0 Å². The Morgan fingerprint density at radius 1 is 1.37 bits per heavy atom. The SMILES string of the molecule is CC(=O)N(SCCO[N+](=O)[O-])c1ccc(OCC(O)CNC(C)(C)C)cc1. The zero-order valence-electron chi connectivity index (χ0n) is 16.0. The fourth-order valence-corrected chi connectivity index (χ4v) is 2.72. The van der Waals surface area contributed by atoms with Crippen molar-refractivity contribution in [2.24, 2.45) is 0 Å². The topological polar surface area (TPSA) is 114 Å². The van der Waals surface area contributed by atoms with E-state index in [9.17, 15) is 20.0 Å². The van der Waals surface area contributed by atoms with Crippen LogP contribution in [0.3, 0.4) is 0 Å². The van der Waals surface area contributed by atoms with Gasteiger partial charge in [0.1, 0.15) is 25.1 Å². The van der Waals surface area contributed by atoms with Crippen molar-refractivity contribution in [2.45, 2.75) is 39.3 Å². The smallest absolute Gasteiger partial charge is 0.294 e. The van der Waals surface area contributed by atoms with E-state index in [1.165, 1.54) is 11.2 Å². The number of benzene rings is 1. The van der Waals surface area contributed by atoms with Crippen molar-refractivity contribution >= 4 is 23.5 Å². The second kappa shape index (κ2) is 11.0. The maximum Gasteiger partial charge on any atom is 0.294 e. The van der Waals surface area contributed by atoms with Crippen LogP contribution in [-0.2, 0) is 9.63 Å². The van der Waals surface area contributed by atoms with Crippen molar-refractivity contribution in [1.29, 1.82) is 0 Å². The molecule has 0 fully saturated rings. The summed E-state index contributed by atoms with van der Waals surface area (Å²) < 4.78 is 6.98. The maximum atomic E-state index is 11.8. The van der Waals surface area contributed by atoms with Crippen LogP contribution in [0.5, 0.6) is 5.75 Å². The van der Waals surface area contributed by atoms with E-state index in [1.807, 2.05) is 20.8 Å². The molecule has 0 aromatic heterocycles. The van der Waals surface area contributed by atoms with Crippen molar-refractivity contribution in [2.75, 3.05) is 29.8 Å². The number of carbonyl (C=O) groups is 1. The van der Waals surface area contributed by atoms with Gasteiger partial charge in [0.2, 0.25) is 5.91 Å². The second-order valence-electron chi connectivity index (χ2n) is 6.79. The molecule has 10 heteroatoms. The standard InChI is InChI=1S/C17H27N3O6S/c1-13(21)19(27-10-9-26-20(23)24)14-5-7-16(8-6-14)25-12-15(22)11-18-17(2,3)4/h5-8,15,18,22H,9-12H2,1-4H3. The highest BCUT2D eigenvalue weighted by Crippen LogP contribution is 2.25. The van der Waals surface area contributed by atoms with Gasteiger partial charge in [-0.25, -0.2) is 0 Å². The van der Waals surface area contributed by atoms with Crippen LogP contribution in [0, 0.1) is 10.1 Å². The number of hydrogen-bond acceptors (Lipinski definition) is 8. The van der Waals surface area contributed by atoms with Gasteiger partial charge in [0.05, 0.1) is 5.69 Å². The molecule has 1 rings (SSSR count). The van der Waals surface area contributed by atoms with E-state index in [4.69, 9.17) is 4.74 Å². The Kier molecular flexibility index (Phi) is 9.33. The molecule has 152 valence electrons. The van der Waals surface area contributed by atoms with Crippen LogP contribution in [0.25, 0.3) is 0 Å². The Balaban J connectivity index is 2.52. The first-order chi connectivity index (χ1) is 12.6. The van der Waals surface area contributed by atoms with E-state index in [0.29, 0.717) is 18.0 Å². The van der Waals surface area contributed by atoms with Crippen LogP contribution >= 0.6 is 11.9 Å². The third kappa shape index (κ3) is 10.0. The van der Waals surface area contributed by atoms with Crippen molar-refractivity contribution in [3.63, 3.8) is 0 Å². The molecular formula is C17H27N3O6S. The molecule has 9 nitrogen and oxygen atoms in total. The van der Waals surface area contributed by atoms with Gasteiger partial charge >= 0.3 is 0 Å². The lowest BCUT2D eigenvalue weighted by molar-refractivity contribution is -0.756. The summed E-state index contributed by atoms with van der Waals surface area (Å²) in [5.74, 6) is 0.614. The molecular weight excluding hydrogens is 374 g/mol. The molecule has 27 heavy (non-hydrogen) atoms. The van der Waals surface area contributed by atoms with E-state index in [1.54, 1.807) is 24.3 Å². The summed E-state index contributed by atoms with van der Waals surface area (Å²) >= 11 is 1.12. The number of aliphatic hydroxyl groups excluding tert-OH is 1. The van der Waals surface area contributed by atoms with Gasteiger partial charge in [0, 0.05) is 24.8 Å². The minimum absolute atomic E-state index is 0.0822. The van der Waals surface area contributed by atoms with Gasteiger partial charge < -0.3 is 20.0 Å². The van der Waals surface area contributed by atoms with Crippen LogP contribution in [0.4, 0.5) is 5.69 Å². The molecule has 0 aliphatic carbocycles. The van der Waals surface area contributed by atoms with Gasteiger partial charge in [-0.05, 0) is 57.0 Å². The Hall–Kier alpha value is -2.04. The van der Waals surface area contributed by atoms with E-state index >= 15 is 0 Å². The van der Waals surface area contributed by atoms with Crippen molar-refractivity contribution in [3.05, 3.63) is 34.4 Å². The minimum Gasteiger partial charge on any atom is -0.491 e. The third-order valence-electron chi connectivity index (χ3n) is 3.17. The average molecular weight is 401 g/mol. The number of anilines is 1. The summed E-state index contributed by atoms with van der Waals surface area (Å²) in [5.41, 5.74) is 0.539. The fraction of sp³-hybridized carbons (Fsp3) is 0.588. The number of β-amino-alcohol motifs (C(OH)–C–C–N with tert-alkyl or cyclic N) is 1. The lowest BCUT2D eigenvalue weighted by Gasteiger charge is -2.23. The highest BCUT2D eigenvalue weighted by molar-refractivity contribution is 8.01. The largest absolute Gasteiger partial charge is 0.491 e. The predicted octanol–water partition coefficient (Wildman–Crippen LogP) is 2.02. The number of hydrogen-bond donors (Lipinski definition) is 2. The van der Waals surface area contributed by atoms with Gasteiger partial charge in [-0.3, -0.25) is 9.10 Å². The Labute approximate surface area is 163 Å². The van der Waals surface area contributed by atoms with Crippen LogP contribution < -0.4 is 14.4 Å². The van der Waals surface area contributed by atoms with Crippen LogP contribution in [0.2, 0.25) is 0 Å². The minimum atomic E-state index is -0.865. The molecule has 1 atom stereocenters. The monoisotopic (exact) mass is 401 g/mol. The normalized spacial score (nSPS) is 12.3. The molecule has 0 radical (unpaired) electrons. The van der Waals surface area contributed by atoms with Crippen LogP contribution in [0.1, 0.15) is 27.7 Å². The van der Waals surface area contributed by atoms with Crippen molar-refractivity contribution in [1.82, 2.24) is 5.32 Å². The fourth-order valence-electron chi connectivity index (χ4n) is 1.94. The first kappa shape index (κ1) is 23.0. The number of ether oxygens (including phenoxy) is 1. The summed E-state index contributed by atoms with van der Waals surface area (Å²) in [6, 6.07) is 6.81. The summed E-state index contributed by atoms with van der Waals surface area (Å²) in [6.45, 7) is 7.91. The highest BCUT2D eigenvalue weighted by Gasteiger charge is 2.14. The van der Waals surface area contributed by atoms with Crippen LogP contribution in [-0.4, -0.2) is 53.3 Å². The molecule has 0 saturated heterocycles. The molecule has 1 aromatic carbocycles. The number of carbonyl (C=O) groups excluding carboxylic acids is 1. The predicted molar refractivity (Wildman–Crippen MR) is 104 cm³/mol. The molecule has 0 aliphatic heterocycles. The molecule has 0 spiro atoms. The lowest BCUT2D eigenvalue weighted by atomic mass is 10.1. The third-order valence-corrected chi connectivity index (χ3v) is 4.24. The quantitative estimate of drug-likeness (QED) is 0.251. The lowest BCUT2D eigenvalue weighted by Crippen LogP contribution is -2.42. The van der Waals surface area contributed by atoms with Crippen molar-refractivity contribution in [3.8, 4) is 5.75 Å². The molecule has 1 aromatic rings. The molecule has 0 bridgehead atoms.